The van der Waals surface area contributed by atoms with Crippen LogP contribution in [0, 0.1) is 11.6 Å². The van der Waals surface area contributed by atoms with E-state index in [-0.39, 0.29) is 23.3 Å². The van der Waals surface area contributed by atoms with Crippen LogP contribution in [0.1, 0.15) is 43.5 Å². The zero-order valence-corrected chi connectivity index (χ0v) is 11.1. The second-order valence-electron chi connectivity index (χ2n) is 5.05. The van der Waals surface area contributed by atoms with Crippen molar-refractivity contribution in [1.29, 1.82) is 0 Å². The topological polar surface area (TPSA) is 46.3 Å². The number of halogens is 2. The Labute approximate surface area is 111 Å². The lowest BCUT2D eigenvalue weighted by molar-refractivity contribution is 0.0671. The molecular formula is C14H18F2N2O. The van der Waals surface area contributed by atoms with Crippen molar-refractivity contribution in [2.75, 3.05) is 5.73 Å². The number of nitrogens with two attached hydrogens (primary N) is 1. The maximum Gasteiger partial charge on any atom is 0.257 e. The van der Waals surface area contributed by atoms with Crippen molar-refractivity contribution in [1.82, 2.24) is 4.90 Å². The van der Waals surface area contributed by atoms with E-state index in [1.165, 1.54) is 0 Å². The Bertz CT molecular complexity index is 504. The molecule has 1 aliphatic rings. The minimum absolute atomic E-state index is 0.0723. The van der Waals surface area contributed by atoms with Crippen LogP contribution in [-0.4, -0.2) is 22.9 Å². The highest BCUT2D eigenvalue weighted by atomic mass is 19.1. The lowest BCUT2D eigenvalue weighted by Crippen LogP contribution is -2.40. The summed E-state index contributed by atoms with van der Waals surface area (Å²) < 4.78 is 26.9. The number of hydrogen-bond donors (Lipinski definition) is 1. The number of carbonyl (C=O) groups excluding carboxylic acids is 1. The molecule has 1 saturated heterocycles. The molecule has 1 fully saturated rings. The predicted octanol–water partition coefficient (Wildman–Crippen LogP) is 2.95. The van der Waals surface area contributed by atoms with Crippen LogP contribution in [0.2, 0.25) is 0 Å². The molecule has 0 radical (unpaired) electrons. The highest BCUT2D eigenvalue weighted by Crippen LogP contribution is 2.29. The first-order chi connectivity index (χ1) is 8.95. The van der Waals surface area contributed by atoms with E-state index in [2.05, 4.69) is 0 Å². The molecule has 0 saturated carbocycles. The van der Waals surface area contributed by atoms with Crippen LogP contribution in [0.25, 0.3) is 0 Å². The quantitative estimate of drug-likeness (QED) is 0.838. The lowest BCUT2D eigenvalue weighted by atomic mass is 10.1. The predicted molar refractivity (Wildman–Crippen MR) is 69.7 cm³/mol. The van der Waals surface area contributed by atoms with Crippen LogP contribution in [0.15, 0.2) is 12.1 Å². The molecule has 1 heterocycles. The van der Waals surface area contributed by atoms with E-state index in [0.29, 0.717) is 6.07 Å². The van der Waals surface area contributed by atoms with Crippen molar-refractivity contribution < 1.29 is 13.6 Å². The molecule has 104 valence electrons. The third kappa shape index (κ3) is 2.41. The summed E-state index contributed by atoms with van der Waals surface area (Å²) in [7, 11) is 0. The molecule has 2 unspecified atom stereocenters. The van der Waals surface area contributed by atoms with Gasteiger partial charge in [-0.3, -0.25) is 4.79 Å². The van der Waals surface area contributed by atoms with Crippen LogP contribution < -0.4 is 5.73 Å². The zero-order chi connectivity index (χ0) is 14.2. The van der Waals surface area contributed by atoms with Crippen molar-refractivity contribution in [3.63, 3.8) is 0 Å². The van der Waals surface area contributed by atoms with Gasteiger partial charge < -0.3 is 10.6 Å². The van der Waals surface area contributed by atoms with Crippen LogP contribution >= 0.6 is 0 Å². The van der Waals surface area contributed by atoms with E-state index >= 15 is 0 Å². The normalized spacial score (nSPS) is 22.8. The summed E-state index contributed by atoms with van der Waals surface area (Å²) >= 11 is 0. The summed E-state index contributed by atoms with van der Waals surface area (Å²) in [5, 5.41) is 0. The van der Waals surface area contributed by atoms with Gasteiger partial charge in [0.1, 0.15) is 11.6 Å². The number of rotatable bonds is 2. The minimum atomic E-state index is -0.856. The highest BCUT2D eigenvalue weighted by Gasteiger charge is 2.34. The maximum absolute atomic E-state index is 13.7. The molecule has 5 heteroatoms. The van der Waals surface area contributed by atoms with Gasteiger partial charge in [-0.05, 0) is 32.3 Å². The Balaban J connectivity index is 2.36. The molecule has 0 spiro atoms. The molecule has 19 heavy (non-hydrogen) atoms. The number of anilines is 1. The van der Waals surface area contributed by atoms with Crippen molar-refractivity contribution in [2.45, 2.75) is 45.2 Å². The third-order valence-electron chi connectivity index (χ3n) is 3.81. The number of carbonyl (C=O) groups is 1. The van der Waals surface area contributed by atoms with E-state index in [1.807, 2.05) is 13.8 Å². The molecule has 2 atom stereocenters. The third-order valence-corrected chi connectivity index (χ3v) is 3.81. The average molecular weight is 268 g/mol. The molecule has 1 aromatic rings. The van der Waals surface area contributed by atoms with Crippen LogP contribution in [0.5, 0.6) is 0 Å². The first kappa shape index (κ1) is 13.8. The summed E-state index contributed by atoms with van der Waals surface area (Å²) in [4.78, 5) is 14.1. The fraction of sp³-hybridized carbons (Fsp3) is 0.500. The molecule has 0 aliphatic carbocycles. The Morgan fingerprint density at radius 3 is 2.68 bits per heavy atom. The first-order valence-corrected chi connectivity index (χ1v) is 6.52. The largest absolute Gasteiger partial charge is 0.396 e. The van der Waals surface area contributed by atoms with Gasteiger partial charge in [0.2, 0.25) is 0 Å². The molecule has 1 aliphatic heterocycles. The summed E-state index contributed by atoms with van der Waals surface area (Å²) in [6.07, 6.45) is 2.65. The van der Waals surface area contributed by atoms with Crippen LogP contribution in [0.3, 0.4) is 0 Å². The molecule has 3 nitrogen and oxygen atoms in total. The second kappa shape index (κ2) is 5.15. The molecule has 2 rings (SSSR count). The van der Waals surface area contributed by atoms with Gasteiger partial charge in [0.05, 0.1) is 11.3 Å². The van der Waals surface area contributed by atoms with Gasteiger partial charge in [-0.2, -0.15) is 0 Å². The zero-order valence-electron chi connectivity index (χ0n) is 11.1. The maximum atomic E-state index is 13.7. The van der Waals surface area contributed by atoms with E-state index in [0.717, 1.165) is 25.3 Å². The van der Waals surface area contributed by atoms with Gasteiger partial charge in [0.15, 0.2) is 0 Å². The summed E-state index contributed by atoms with van der Waals surface area (Å²) in [6.45, 7) is 3.94. The number of hydrogen-bond acceptors (Lipinski definition) is 2. The second-order valence-corrected chi connectivity index (χ2v) is 5.05. The first-order valence-electron chi connectivity index (χ1n) is 6.52. The number of nitrogens with zero attached hydrogens (tertiary/aromatic N) is 1. The van der Waals surface area contributed by atoms with E-state index in [4.69, 9.17) is 5.73 Å². The van der Waals surface area contributed by atoms with Crippen molar-refractivity contribution in [2.24, 2.45) is 0 Å². The lowest BCUT2D eigenvalue weighted by Gasteiger charge is -2.28. The van der Waals surface area contributed by atoms with Gasteiger partial charge in [-0.15, -0.1) is 0 Å². The molecule has 1 aromatic carbocycles. The van der Waals surface area contributed by atoms with Crippen LogP contribution in [-0.2, 0) is 0 Å². The van der Waals surface area contributed by atoms with Gasteiger partial charge in [0.25, 0.3) is 5.91 Å². The van der Waals surface area contributed by atoms with Gasteiger partial charge >= 0.3 is 0 Å². The fourth-order valence-corrected chi connectivity index (χ4v) is 2.71. The Morgan fingerprint density at radius 1 is 1.37 bits per heavy atom. The van der Waals surface area contributed by atoms with Crippen molar-refractivity contribution >= 4 is 11.6 Å². The number of benzene rings is 1. The van der Waals surface area contributed by atoms with E-state index in [9.17, 15) is 13.6 Å². The number of amides is 1. The molecule has 0 bridgehead atoms. The molecule has 2 N–H and O–H groups in total. The summed E-state index contributed by atoms with van der Waals surface area (Å²) in [5.74, 6) is -2.10. The molecule has 0 aromatic heterocycles. The van der Waals surface area contributed by atoms with Crippen LogP contribution in [0.4, 0.5) is 14.5 Å². The number of likely N-dealkylation sites (tertiary alicyclic amines) is 1. The number of nitrogen functional groups attached to an aromatic ring is 1. The smallest absolute Gasteiger partial charge is 0.257 e. The molecular weight excluding hydrogens is 250 g/mol. The summed E-state index contributed by atoms with van der Waals surface area (Å²) in [5.41, 5.74) is 5.06. The fourth-order valence-electron chi connectivity index (χ4n) is 2.71. The Morgan fingerprint density at radius 2 is 2.05 bits per heavy atom. The monoisotopic (exact) mass is 268 g/mol. The highest BCUT2D eigenvalue weighted by molar-refractivity contribution is 5.96. The van der Waals surface area contributed by atoms with Crippen molar-refractivity contribution in [3.8, 4) is 0 Å². The Hall–Kier alpha value is -1.65. The average Bonchev–Trinajstić information content (AvgIpc) is 2.74. The standard InChI is InChI=1S/C14H18F2N2O/c1-3-9-5-4-8(2)18(9)14(19)10-6-13(17)12(16)7-11(10)15/h6-9H,3-5,17H2,1-2H3. The molecule has 1 amide bonds. The van der Waals surface area contributed by atoms with Gasteiger partial charge in [-0.25, -0.2) is 8.78 Å². The van der Waals surface area contributed by atoms with Gasteiger partial charge in [-0.1, -0.05) is 6.92 Å². The SMILES string of the molecule is CCC1CCC(C)N1C(=O)c1cc(N)c(F)cc1F. The van der Waals surface area contributed by atoms with Gasteiger partial charge in [0, 0.05) is 18.2 Å². The van der Waals surface area contributed by atoms with E-state index < -0.39 is 17.5 Å². The van der Waals surface area contributed by atoms with Crippen molar-refractivity contribution in [3.05, 3.63) is 29.3 Å². The minimum Gasteiger partial charge on any atom is -0.396 e. The van der Waals surface area contributed by atoms with E-state index in [1.54, 1.807) is 4.90 Å². The Kier molecular flexibility index (Phi) is 3.73. The summed E-state index contributed by atoms with van der Waals surface area (Å²) in [6, 6.07) is 1.95.